The quantitative estimate of drug-likeness (QED) is 0.715. The van der Waals surface area contributed by atoms with Gasteiger partial charge in [0.2, 0.25) is 0 Å². The lowest BCUT2D eigenvalue weighted by atomic mass is 10.1. The molecule has 0 bridgehead atoms. The number of benzene rings is 2. The largest absolute Gasteiger partial charge is 0.465 e. The molecule has 128 valence electrons. The lowest BCUT2D eigenvalue weighted by Crippen LogP contribution is -2.15. The van der Waals surface area contributed by atoms with Crippen molar-refractivity contribution in [2.24, 2.45) is 0 Å². The number of methoxy groups -OCH3 is 2. The van der Waals surface area contributed by atoms with Gasteiger partial charge in [-0.15, -0.1) is 0 Å². The maximum Gasteiger partial charge on any atom is 0.340 e. The number of ether oxygens (including phenoxy) is 2. The van der Waals surface area contributed by atoms with Crippen molar-refractivity contribution in [1.82, 2.24) is 0 Å². The van der Waals surface area contributed by atoms with Crippen LogP contribution >= 0.6 is 0 Å². The summed E-state index contributed by atoms with van der Waals surface area (Å²) in [6.45, 7) is 0.350. The van der Waals surface area contributed by atoms with E-state index in [1.54, 1.807) is 12.1 Å². The molecule has 0 saturated carbocycles. The van der Waals surface area contributed by atoms with Gasteiger partial charge in [0.25, 0.3) is 0 Å². The molecule has 0 radical (unpaired) electrons. The molecule has 6 heteroatoms. The molecule has 0 aliphatic carbocycles. The van der Waals surface area contributed by atoms with E-state index in [0.717, 1.165) is 11.0 Å². The van der Waals surface area contributed by atoms with Gasteiger partial charge in [-0.05, 0) is 24.3 Å². The Bertz CT molecular complexity index is 895. The number of nitrogens with one attached hydrogen (secondary N) is 1. The fourth-order valence-electron chi connectivity index (χ4n) is 2.61. The molecule has 25 heavy (non-hydrogen) atoms. The van der Waals surface area contributed by atoms with E-state index in [0.29, 0.717) is 18.0 Å². The van der Waals surface area contributed by atoms with Gasteiger partial charge in [-0.2, -0.15) is 0 Å². The Morgan fingerprint density at radius 1 is 1.00 bits per heavy atom. The van der Waals surface area contributed by atoms with Crippen molar-refractivity contribution in [3.05, 3.63) is 65.4 Å². The Morgan fingerprint density at radius 3 is 2.48 bits per heavy atom. The summed E-state index contributed by atoms with van der Waals surface area (Å²) in [4.78, 5) is 24.1. The average molecular weight is 339 g/mol. The first-order valence-electron chi connectivity index (χ1n) is 7.65. The third-order valence-corrected chi connectivity index (χ3v) is 3.79. The van der Waals surface area contributed by atoms with E-state index < -0.39 is 11.9 Å². The molecule has 1 aromatic heterocycles. The minimum atomic E-state index is -0.617. The van der Waals surface area contributed by atoms with Crippen LogP contribution in [-0.4, -0.2) is 26.2 Å². The van der Waals surface area contributed by atoms with Crippen molar-refractivity contribution in [1.29, 1.82) is 0 Å². The molecule has 0 saturated heterocycles. The number of furan rings is 1. The van der Waals surface area contributed by atoms with Crippen molar-refractivity contribution < 1.29 is 23.5 Å². The molecule has 1 N–H and O–H groups in total. The number of carbonyl (C=O) groups excluding carboxylic acids is 2. The molecule has 0 aliphatic rings. The van der Waals surface area contributed by atoms with Gasteiger partial charge >= 0.3 is 11.9 Å². The third kappa shape index (κ3) is 3.33. The van der Waals surface area contributed by atoms with Crippen LogP contribution in [0.5, 0.6) is 0 Å². The topological polar surface area (TPSA) is 77.8 Å². The minimum absolute atomic E-state index is 0.132. The molecular weight excluding hydrogens is 322 g/mol. The summed E-state index contributed by atoms with van der Waals surface area (Å²) in [7, 11) is 2.53. The Labute approximate surface area is 144 Å². The predicted molar refractivity (Wildman–Crippen MR) is 92.7 cm³/mol. The summed E-state index contributed by atoms with van der Waals surface area (Å²) in [6.07, 6.45) is 0. The summed E-state index contributed by atoms with van der Waals surface area (Å²) in [5.74, 6) is -0.513. The zero-order valence-corrected chi connectivity index (χ0v) is 13.9. The molecule has 1 heterocycles. The van der Waals surface area contributed by atoms with E-state index in [2.05, 4.69) is 5.32 Å². The zero-order chi connectivity index (χ0) is 17.8. The summed E-state index contributed by atoms with van der Waals surface area (Å²) in [5.41, 5.74) is 1.53. The number of rotatable bonds is 5. The van der Waals surface area contributed by atoms with Gasteiger partial charge in [0, 0.05) is 11.1 Å². The molecular formula is C19H17NO5. The maximum absolute atomic E-state index is 12.1. The highest BCUT2D eigenvalue weighted by molar-refractivity contribution is 6.07. The Morgan fingerprint density at radius 2 is 1.76 bits per heavy atom. The van der Waals surface area contributed by atoms with Crippen molar-refractivity contribution in [2.75, 3.05) is 19.5 Å². The summed E-state index contributed by atoms with van der Waals surface area (Å²) >= 11 is 0. The number of para-hydroxylation sites is 1. The van der Waals surface area contributed by atoms with Crippen LogP contribution in [0.1, 0.15) is 26.5 Å². The summed E-state index contributed by atoms with van der Waals surface area (Å²) < 4.78 is 15.3. The molecule has 3 rings (SSSR count). The standard InChI is InChI=1S/C19H17NO5/c1-23-18(21)14-7-5-8-15(17(14)19(22)24-2)20-11-13-10-12-6-3-4-9-16(12)25-13/h3-10,20H,11H2,1-2H3. The van der Waals surface area contributed by atoms with Crippen molar-refractivity contribution in [3.8, 4) is 0 Å². The Hall–Kier alpha value is -3.28. The van der Waals surface area contributed by atoms with Crippen LogP contribution < -0.4 is 5.32 Å². The fourth-order valence-corrected chi connectivity index (χ4v) is 2.61. The number of carbonyl (C=O) groups is 2. The van der Waals surface area contributed by atoms with E-state index >= 15 is 0 Å². The van der Waals surface area contributed by atoms with Crippen LogP contribution in [-0.2, 0) is 16.0 Å². The van der Waals surface area contributed by atoms with Gasteiger partial charge < -0.3 is 19.2 Å². The van der Waals surface area contributed by atoms with Crippen LogP contribution in [0.25, 0.3) is 11.0 Å². The van der Waals surface area contributed by atoms with Crippen LogP contribution in [0.2, 0.25) is 0 Å². The number of esters is 2. The van der Waals surface area contributed by atoms with E-state index in [4.69, 9.17) is 13.9 Å². The Kier molecular flexibility index (Phi) is 4.70. The number of fused-ring (bicyclic) bond motifs is 1. The molecule has 0 aliphatic heterocycles. The Balaban J connectivity index is 1.90. The second-order valence-electron chi connectivity index (χ2n) is 5.32. The van der Waals surface area contributed by atoms with Crippen molar-refractivity contribution in [2.45, 2.75) is 6.54 Å². The number of anilines is 1. The molecule has 0 atom stereocenters. The van der Waals surface area contributed by atoms with E-state index in [1.807, 2.05) is 30.3 Å². The molecule has 3 aromatic rings. The molecule has 0 spiro atoms. The lowest BCUT2D eigenvalue weighted by molar-refractivity contribution is 0.0556. The second-order valence-corrected chi connectivity index (χ2v) is 5.32. The first-order valence-corrected chi connectivity index (χ1v) is 7.65. The number of hydrogen-bond donors (Lipinski definition) is 1. The molecule has 0 amide bonds. The fraction of sp³-hybridized carbons (Fsp3) is 0.158. The third-order valence-electron chi connectivity index (χ3n) is 3.79. The van der Waals surface area contributed by atoms with Gasteiger partial charge in [-0.25, -0.2) is 9.59 Å². The van der Waals surface area contributed by atoms with Gasteiger partial charge in [-0.3, -0.25) is 0 Å². The normalized spacial score (nSPS) is 10.5. The van der Waals surface area contributed by atoms with E-state index in [9.17, 15) is 9.59 Å². The average Bonchev–Trinajstić information content (AvgIpc) is 3.07. The predicted octanol–water partition coefficient (Wildman–Crippen LogP) is 3.62. The monoisotopic (exact) mass is 339 g/mol. The van der Waals surface area contributed by atoms with Crippen molar-refractivity contribution in [3.63, 3.8) is 0 Å². The minimum Gasteiger partial charge on any atom is -0.465 e. The van der Waals surface area contributed by atoms with E-state index in [-0.39, 0.29) is 11.1 Å². The van der Waals surface area contributed by atoms with Gasteiger partial charge in [0.15, 0.2) is 0 Å². The number of hydrogen-bond acceptors (Lipinski definition) is 6. The summed E-state index contributed by atoms with van der Waals surface area (Å²) in [5, 5.41) is 4.12. The van der Waals surface area contributed by atoms with Gasteiger partial charge in [-0.1, -0.05) is 24.3 Å². The van der Waals surface area contributed by atoms with E-state index in [1.165, 1.54) is 20.3 Å². The highest BCUT2D eigenvalue weighted by Crippen LogP contribution is 2.24. The van der Waals surface area contributed by atoms with Gasteiger partial charge in [0.1, 0.15) is 11.3 Å². The van der Waals surface area contributed by atoms with Crippen LogP contribution in [0.15, 0.2) is 52.9 Å². The highest BCUT2D eigenvalue weighted by Gasteiger charge is 2.22. The zero-order valence-electron chi connectivity index (χ0n) is 13.9. The molecule has 6 nitrogen and oxygen atoms in total. The highest BCUT2D eigenvalue weighted by atomic mass is 16.5. The van der Waals surface area contributed by atoms with Crippen LogP contribution in [0.4, 0.5) is 5.69 Å². The smallest absolute Gasteiger partial charge is 0.340 e. The second kappa shape index (κ2) is 7.09. The maximum atomic E-state index is 12.1. The first kappa shape index (κ1) is 16.6. The van der Waals surface area contributed by atoms with Crippen molar-refractivity contribution >= 4 is 28.6 Å². The molecule has 0 fully saturated rings. The molecule has 0 unspecified atom stereocenters. The first-order chi connectivity index (χ1) is 12.1. The summed E-state index contributed by atoms with van der Waals surface area (Å²) in [6, 6.07) is 14.5. The van der Waals surface area contributed by atoms with Crippen LogP contribution in [0, 0.1) is 0 Å². The SMILES string of the molecule is COC(=O)c1cccc(NCc2cc3ccccc3o2)c1C(=O)OC. The van der Waals surface area contributed by atoms with Crippen LogP contribution in [0.3, 0.4) is 0 Å². The van der Waals surface area contributed by atoms with Gasteiger partial charge in [0.05, 0.1) is 31.9 Å². The lowest BCUT2D eigenvalue weighted by Gasteiger charge is -2.13. The molecule has 2 aromatic carbocycles.